The van der Waals surface area contributed by atoms with E-state index in [4.69, 9.17) is 21.1 Å². The number of fused-ring (bicyclic) bond motifs is 1. The van der Waals surface area contributed by atoms with E-state index in [1.807, 2.05) is 66.7 Å². The Kier molecular flexibility index (Phi) is 5.98. The van der Waals surface area contributed by atoms with Crippen LogP contribution in [0.4, 0.5) is 5.69 Å². The van der Waals surface area contributed by atoms with Crippen molar-refractivity contribution in [2.24, 2.45) is 0 Å². The first kappa shape index (κ1) is 19.3. The van der Waals surface area contributed by atoms with E-state index in [0.717, 1.165) is 15.8 Å². The minimum Gasteiger partial charge on any atom is -0.490 e. The summed E-state index contributed by atoms with van der Waals surface area (Å²) in [6.45, 7) is 0.880. The van der Waals surface area contributed by atoms with E-state index < -0.39 is 0 Å². The quantitative estimate of drug-likeness (QED) is 0.356. The zero-order valence-corrected chi connectivity index (χ0v) is 17.0. The molecule has 1 amide bonds. The van der Waals surface area contributed by atoms with Gasteiger partial charge in [-0.2, -0.15) is 0 Å². The number of ether oxygens (including phenoxy) is 2. The van der Waals surface area contributed by atoms with Crippen molar-refractivity contribution in [1.82, 2.24) is 0 Å². The van der Waals surface area contributed by atoms with Gasteiger partial charge in [-0.25, -0.2) is 0 Å². The van der Waals surface area contributed by atoms with Crippen molar-refractivity contribution in [2.75, 3.05) is 18.5 Å². The average Bonchev–Trinajstić information content (AvgIpc) is 3.10. The van der Waals surface area contributed by atoms with E-state index in [2.05, 4.69) is 5.32 Å². The first-order valence-electron chi connectivity index (χ1n) is 9.10. The monoisotopic (exact) mass is 423 g/mol. The maximum atomic E-state index is 12.6. The molecule has 0 aliphatic carbocycles. The van der Waals surface area contributed by atoms with Gasteiger partial charge in [0.05, 0.1) is 5.02 Å². The molecule has 0 saturated heterocycles. The number of halogens is 1. The summed E-state index contributed by atoms with van der Waals surface area (Å²) >= 11 is 7.76. The van der Waals surface area contributed by atoms with E-state index in [-0.39, 0.29) is 5.91 Å². The van der Waals surface area contributed by atoms with Crippen molar-refractivity contribution in [2.45, 2.75) is 0 Å². The number of thiophene rings is 1. The fourth-order valence-corrected chi connectivity index (χ4v) is 4.23. The summed E-state index contributed by atoms with van der Waals surface area (Å²) in [6.07, 6.45) is 0. The Labute approximate surface area is 177 Å². The molecule has 4 aromatic rings. The number of nitrogens with one attached hydrogen (secondary N) is 1. The largest absolute Gasteiger partial charge is 0.490 e. The van der Waals surface area contributed by atoms with Crippen LogP contribution in [-0.4, -0.2) is 19.1 Å². The van der Waals surface area contributed by atoms with E-state index in [1.54, 1.807) is 12.1 Å². The molecule has 0 bridgehead atoms. The summed E-state index contributed by atoms with van der Waals surface area (Å²) in [4.78, 5) is 13.1. The Morgan fingerprint density at radius 3 is 2.14 bits per heavy atom. The number of amides is 1. The molecule has 1 aromatic heterocycles. The number of hydrogen-bond donors (Lipinski definition) is 1. The van der Waals surface area contributed by atoms with Crippen molar-refractivity contribution in [3.8, 4) is 11.5 Å². The van der Waals surface area contributed by atoms with Crippen LogP contribution in [0.2, 0.25) is 5.02 Å². The Morgan fingerprint density at radius 2 is 1.45 bits per heavy atom. The number of benzene rings is 3. The zero-order valence-electron chi connectivity index (χ0n) is 15.4. The third kappa shape index (κ3) is 4.70. The SMILES string of the molecule is O=C(Nc1ccc(OCCOc2ccccc2)cc1)c1sc2ccccc2c1Cl. The number of para-hydroxylation sites is 1. The van der Waals surface area contributed by atoms with Crippen LogP contribution < -0.4 is 14.8 Å². The van der Waals surface area contributed by atoms with Crippen LogP contribution in [0.15, 0.2) is 78.9 Å². The Morgan fingerprint density at radius 1 is 0.828 bits per heavy atom. The lowest BCUT2D eigenvalue weighted by atomic mass is 10.2. The number of carbonyl (C=O) groups is 1. The van der Waals surface area contributed by atoms with Crippen LogP contribution in [0, 0.1) is 0 Å². The molecule has 0 fully saturated rings. The molecule has 0 aliphatic rings. The van der Waals surface area contributed by atoms with Gasteiger partial charge in [0.25, 0.3) is 5.91 Å². The minimum atomic E-state index is -0.221. The predicted molar refractivity (Wildman–Crippen MR) is 119 cm³/mol. The highest BCUT2D eigenvalue weighted by Gasteiger charge is 2.17. The summed E-state index contributed by atoms with van der Waals surface area (Å²) in [7, 11) is 0. The molecular formula is C23H18ClNO3S. The van der Waals surface area contributed by atoms with Crippen LogP contribution in [0.1, 0.15) is 9.67 Å². The lowest BCUT2D eigenvalue weighted by molar-refractivity contribution is 0.103. The van der Waals surface area contributed by atoms with E-state index in [0.29, 0.717) is 34.6 Å². The van der Waals surface area contributed by atoms with Crippen LogP contribution in [0.3, 0.4) is 0 Å². The van der Waals surface area contributed by atoms with E-state index >= 15 is 0 Å². The molecule has 4 rings (SSSR count). The van der Waals surface area contributed by atoms with Crippen molar-refractivity contribution in [1.29, 1.82) is 0 Å². The fourth-order valence-electron chi connectivity index (χ4n) is 2.82. The maximum absolute atomic E-state index is 12.6. The molecule has 6 heteroatoms. The Balaban J connectivity index is 1.31. The van der Waals surface area contributed by atoms with Crippen molar-refractivity contribution >= 4 is 44.6 Å². The molecule has 0 unspecified atom stereocenters. The lowest BCUT2D eigenvalue weighted by Crippen LogP contribution is -2.11. The van der Waals surface area contributed by atoms with Gasteiger partial charge in [-0.1, -0.05) is 48.0 Å². The molecule has 1 N–H and O–H groups in total. The second-order valence-corrected chi connectivity index (χ2v) is 7.66. The van der Waals surface area contributed by atoms with Crippen LogP contribution >= 0.6 is 22.9 Å². The highest BCUT2D eigenvalue weighted by Crippen LogP contribution is 2.35. The first-order valence-corrected chi connectivity index (χ1v) is 10.3. The van der Waals surface area contributed by atoms with Gasteiger partial charge in [0.2, 0.25) is 0 Å². The van der Waals surface area contributed by atoms with Gasteiger partial charge >= 0.3 is 0 Å². The third-order valence-electron chi connectivity index (χ3n) is 4.22. The normalized spacial score (nSPS) is 10.7. The van der Waals surface area contributed by atoms with Crippen molar-refractivity contribution in [3.63, 3.8) is 0 Å². The van der Waals surface area contributed by atoms with Gasteiger partial charge in [0.15, 0.2) is 0 Å². The Bertz CT molecular complexity index is 1110. The molecule has 0 atom stereocenters. The van der Waals surface area contributed by atoms with Gasteiger partial charge in [-0.15, -0.1) is 11.3 Å². The second-order valence-electron chi connectivity index (χ2n) is 6.23. The van der Waals surface area contributed by atoms with Gasteiger partial charge in [0.1, 0.15) is 29.6 Å². The minimum absolute atomic E-state index is 0.221. The number of rotatable bonds is 7. The number of anilines is 1. The lowest BCUT2D eigenvalue weighted by Gasteiger charge is -2.09. The van der Waals surface area contributed by atoms with Gasteiger partial charge < -0.3 is 14.8 Å². The molecule has 146 valence electrons. The summed E-state index contributed by atoms with van der Waals surface area (Å²) in [5, 5.41) is 4.26. The molecule has 29 heavy (non-hydrogen) atoms. The molecule has 0 aliphatic heterocycles. The first-order chi connectivity index (χ1) is 14.2. The molecule has 3 aromatic carbocycles. The summed E-state index contributed by atoms with van der Waals surface area (Å²) in [6, 6.07) is 24.5. The van der Waals surface area contributed by atoms with Gasteiger partial charge in [-0.3, -0.25) is 4.79 Å². The number of hydrogen-bond acceptors (Lipinski definition) is 4. The van der Waals surface area contributed by atoms with Crippen LogP contribution in [0.25, 0.3) is 10.1 Å². The molecule has 0 radical (unpaired) electrons. The van der Waals surface area contributed by atoms with Crippen molar-refractivity contribution in [3.05, 3.63) is 88.8 Å². The third-order valence-corrected chi connectivity index (χ3v) is 5.89. The fraction of sp³-hybridized carbons (Fsp3) is 0.0870. The molecule has 0 saturated carbocycles. The molecule has 0 spiro atoms. The zero-order chi connectivity index (χ0) is 20.1. The van der Waals surface area contributed by atoms with E-state index in [9.17, 15) is 4.79 Å². The predicted octanol–water partition coefficient (Wildman–Crippen LogP) is 6.26. The van der Waals surface area contributed by atoms with Crippen molar-refractivity contribution < 1.29 is 14.3 Å². The van der Waals surface area contributed by atoms with Gasteiger partial charge in [-0.05, 0) is 42.5 Å². The standard InChI is InChI=1S/C23H18ClNO3S/c24-21-19-8-4-5-9-20(19)29-22(21)23(26)25-16-10-12-18(13-11-16)28-15-14-27-17-6-2-1-3-7-17/h1-13H,14-15H2,(H,25,26). The van der Waals surface area contributed by atoms with Crippen LogP contribution in [-0.2, 0) is 0 Å². The molecule has 1 heterocycles. The van der Waals surface area contributed by atoms with Crippen LogP contribution in [0.5, 0.6) is 11.5 Å². The highest BCUT2D eigenvalue weighted by atomic mass is 35.5. The smallest absolute Gasteiger partial charge is 0.267 e. The summed E-state index contributed by atoms with van der Waals surface area (Å²) in [5.74, 6) is 1.30. The maximum Gasteiger partial charge on any atom is 0.267 e. The second kappa shape index (κ2) is 8.99. The molecular weight excluding hydrogens is 406 g/mol. The summed E-state index contributed by atoms with van der Waals surface area (Å²) < 4.78 is 12.3. The average molecular weight is 424 g/mol. The van der Waals surface area contributed by atoms with E-state index in [1.165, 1.54) is 11.3 Å². The number of carbonyl (C=O) groups excluding carboxylic acids is 1. The topological polar surface area (TPSA) is 47.6 Å². The van der Waals surface area contributed by atoms with Gasteiger partial charge in [0, 0.05) is 15.8 Å². The highest BCUT2D eigenvalue weighted by molar-refractivity contribution is 7.21. The Hall–Kier alpha value is -3.02. The molecule has 4 nitrogen and oxygen atoms in total. The summed E-state index contributed by atoms with van der Waals surface area (Å²) in [5.41, 5.74) is 0.677.